The number of ether oxygens (including phenoxy) is 1. The third-order valence-corrected chi connectivity index (χ3v) is 4.24. The fourth-order valence-corrected chi connectivity index (χ4v) is 3.28. The van der Waals surface area contributed by atoms with Crippen molar-refractivity contribution in [3.8, 4) is 0 Å². The van der Waals surface area contributed by atoms with Gasteiger partial charge >= 0.3 is 6.09 Å². The van der Waals surface area contributed by atoms with E-state index < -0.39 is 5.60 Å². The van der Waals surface area contributed by atoms with Crippen molar-refractivity contribution in [3.05, 3.63) is 17.5 Å². The van der Waals surface area contributed by atoms with Crippen molar-refractivity contribution in [2.45, 2.75) is 26.4 Å². The molecule has 0 N–H and O–H groups in total. The Hall–Kier alpha value is -1.56. The van der Waals surface area contributed by atoms with E-state index in [1.165, 1.54) is 6.20 Å². The van der Waals surface area contributed by atoms with Crippen LogP contribution in [0.4, 0.5) is 10.6 Å². The maximum atomic E-state index is 12.1. The molecule has 0 bridgehead atoms. The summed E-state index contributed by atoms with van der Waals surface area (Å²) < 4.78 is 5.45. The van der Waals surface area contributed by atoms with Crippen molar-refractivity contribution in [2.24, 2.45) is 11.8 Å². The monoisotopic (exact) mass is 324 g/mol. The van der Waals surface area contributed by atoms with Crippen LogP contribution in [-0.2, 0) is 4.74 Å². The van der Waals surface area contributed by atoms with Crippen LogP contribution in [0.25, 0.3) is 0 Å². The highest BCUT2D eigenvalue weighted by Gasteiger charge is 2.43. The smallest absolute Gasteiger partial charge is 0.410 e. The van der Waals surface area contributed by atoms with E-state index in [-0.39, 0.29) is 6.09 Å². The molecule has 0 radical (unpaired) electrons. The molecule has 1 amide bonds. The minimum atomic E-state index is -0.447. The van der Waals surface area contributed by atoms with Crippen molar-refractivity contribution < 1.29 is 9.53 Å². The molecule has 1 aromatic heterocycles. The Balaban J connectivity index is 1.60. The number of hydrogen-bond donors (Lipinski definition) is 0. The first-order valence-electron chi connectivity index (χ1n) is 7.52. The Bertz CT molecular complexity index is 561. The zero-order valence-electron chi connectivity index (χ0n) is 13.1. The predicted molar refractivity (Wildman–Crippen MR) is 84.0 cm³/mol. The number of carbonyl (C=O) groups excluding carboxylic acids is 1. The van der Waals surface area contributed by atoms with Gasteiger partial charge in [0, 0.05) is 38.0 Å². The van der Waals surface area contributed by atoms with Gasteiger partial charge in [-0.1, -0.05) is 11.6 Å². The number of nitrogens with zero attached hydrogens (tertiary/aromatic N) is 4. The summed E-state index contributed by atoms with van der Waals surface area (Å²) in [7, 11) is 0. The number of hydrogen-bond acceptors (Lipinski definition) is 5. The molecule has 2 unspecified atom stereocenters. The second-order valence-electron chi connectivity index (χ2n) is 7.01. The van der Waals surface area contributed by atoms with Gasteiger partial charge in [0.25, 0.3) is 0 Å². The van der Waals surface area contributed by atoms with Gasteiger partial charge in [-0.15, -0.1) is 0 Å². The number of anilines is 1. The number of likely N-dealkylation sites (tertiary alicyclic amines) is 1. The Morgan fingerprint density at radius 2 is 1.86 bits per heavy atom. The standard InChI is InChI=1S/C15H21ClN4O2/c1-15(2,3)22-14(21)20-8-10-6-19(7-11(10)9-20)13-5-17-4-12(16)18-13/h4-5,10-11H,6-9H2,1-3H3. The lowest BCUT2D eigenvalue weighted by atomic mass is 10.0. The van der Waals surface area contributed by atoms with Gasteiger partial charge in [0.15, 0.2) is 0 Å². The summed E-state index contributed by atoms with van der Waals surface area (Å²) in [6, 6.07) is 0. The predicted octanol–water partition coefficient (Wildman–Crippen LogP) is 2.43. The Morgan fingerprint density at radius 1 is 1.23 bits per heavy atom. The molecule has 0 aliphatic carbocycles. The first-order valence-corrected chi connectivity index (χ1v) is 7.90. The average molecular weight is 325 g/mol. The van der Waals surface area contributed by atoms with Crippen LogP contribution in [0.15, 0.2) is 12.4 Å². The number of halogens is 1. The molecule has 0 saturated carbocycles. The zero-order valence-corrected chi connectivity index (χ0v) is 13.9. The van der Waals surface area contributed by atoms with Gasteiger partial charge in [0.05, 0.1) is 12.4 Å². The molecule has 2 fully saturated rings. The molecule has 2 aliphatic rings. The summed E-state index contributed by atoms with van der Waals surface area (Å²) in [6.45, 7) is 8.90. The van der Waals surface area contributed by atoms with Gasteiger partial charge in [-0.2, -0.15) is 0 Å². The number of rotatable bonds is 1. The minimum absolute atomic E-state index is 0.212. The lowest BCUT2D eigenvalue weighted by Gasteiger charge is -2.26. The normalized spacial score (nSPS) is 24.5. The summed E-state index contributed by atoms with van der Waals surface area (Å²) in [4.78, 5) is 24.5. The molecule has 3 rings (SSSR count). The summed E-state index contributed by atoms with van der Waals surface area (Å²) in [5, 5.41) is 0.407. The van der Waals surface area contributed by atoms with Crippen LogP contribution in [0, 0.1) is 11.8 Å². The van der Waals surface area contributed by atoms with Crippen LogP contribution in [0.2, 0.25) is 5.15 Å². The average Bonchev–Trinajstić information content (AvgIpc) is 2.94. The Morgan fingerprint density at radius 3 is 2.41 bits per heavy atom. The van der Waals surface area contributed by atoms with E-state index in [4.69, 9.17) is 16.3 Å². The molecule has 0 spiro atoms. The molecule has 6 nitrogen and oxygen atoms in total. The van der Waals surface area contributed by atoms with E-state index >= 15 is 0 Å². The highest BCUT2D eigenvalue weighted by Crippen LogP contribution is 2.33. The van der Waals surface area contributed by atoms with Crippen LogP contribution in [0.1, 0.15) is 20.8 Å². The topological polar surface area (TPSA) is 58.6 Å². The molecular weight excluding hydrogens is 304 g/mol. The number of carbonyl (C=O) groups is 1. The SMILES string of the molecule is CC(C)(C)OC(=O)N1CC2CN(c3cncc(Cl)n3)CC2C1. The zero-order chi connectivity index (χ0) is 15.9. The second kappa shape index (κ2) is 5.57. The fourth-order valence-electron chi connectivity index (χ4n) is 3.14. The van der Waals surface area contributed by atoms with Crippen molar-refractivity contribution in [3.63, 3.8) is 0 Å². The molecule has 2 saturated heterocycles. The molecule has 120 valence electrons. The van der Waals surface area contributed by atoms with E-state index in [2.05, 4.69) is 14.9 Å². The summed E-state index contributed by atoms with van der Waals surface area (Å²) in [5.74, 6) is 1.72. The summed E-state index contributed by atoms with van der Waals surface area (Å²) >= 11 is 5.90. The maximum absolute atomic E-state index is 12.1. The van der Waals surface area contributed by atoms with E-state index in [1.54, 1.807) is 6.20 Å². The summed E-state index contributed by atoms with van der Waals surface area (Å²) in [6.07, 6.45) is 3.06. The van der Waals surface area contributed by atoms with E-state index in [1.807, 2.05) is 25.7 Å². The lowest BCUT2D eigenvalue weighted by Crippen LogP contribution is -2.37. The molecule has 7 heteroatoms. The van der Waals surface area contributed by atoms with Crippen LogP contribution in [0.3, 0.4) is 0 Å². The Labute approximate surface area is 135 Å². The number of fused-ring (bicyclic) bond motifs is 1. The van der Waals surface area contributed by atoms with Gasteiger partial charge in [-0.05, 0) is 20.8 Å². The first kappa shape index (κ1) is 15.3. The van der Waals surface area contributed by atoms with Gasteiger partial charge in [0.1, 0.15) is 16.6 Å². The number of amides is 1. The molecule has 2 atom stereocenters. The van der Waals surface area contributed by atoms with Crippen LogP contribution < -0.4 is 4.90 Å². The van der Waals surface area contributed by atoms with Crippen molar-refractivity contribution in [2.75, 3.05) is 31.1 Å². The molecule has 1 aromatic rings. The largest absolute Gasteiger partial charge is 0.444 e. The van der Waals surface area contributed by atoms with Crippen LogP contribution in [-0.4, -0.2) is 52.7 Å². The Kier molecular flexibility index (Phi) is 3.89. The highest BCUT2D eigenvalue weighted by molar-refractivity contribution is 6.29. The van der Waals surface area contributed by atoms with Gasteiger partial charge in [0.2, 0.25) is 0 Å². The van der Waals surface area contributed by atoms with E-state index in [0.29, 0.717) is 17.0 Å². The number of aromatic nitrogens is 2. The minimum Gasteiger partial charge on any atom is -0.444 e. The van der Waals surface area contributed by atoms with E-state index in [0.717, 1.165) is 32.0 Å². The lowest BCUT2D eigenvalue weighted by molar-refractivity contribution is 0.0282. The molecule has 3 heterocycles. The third kappa shape index (κ3) is 3.27. The quantitative estimate of drug-likeness (QED) is 0.794. The van der Waals surface area contributed by atoms with Crippen LogP contribution >= 0.6 is 11.6 Å². The van der Waals surface area contributed by atoms with Gasteiger partial charge in [-0.3, -0.25) is 4.98 Å². The second-order valence-corrected chi connectivity index (χ2v) is 7.40. The fraction of sp³-hybridized carbons (Fsp3) is 0.667. The molecule has 2 aliphatic heterocycles. The molecule has 0 aromatic carbocycles. The van der Waals surface area contributed by atoms with E-state index in [9.17, 15) is 4.79 Å². The van der Waals surface area contributed by atoms with Crippen molar-refractivity contribution >= 4 is 23.5 Å². The third-order valence-electron chi connectivity index (χ3n) is 4.05. The summed E-state index contributed by atoms with van der Waals surface area (Å²) in [5.41, 5.74) is -0.447. The molecular formula is C15H21ClN4O2. The maximum Gasteiger partial charge on any atom is 0.410 e. The van der Waals surface area contributed by atoms with Gasteiger partial charge < -0.3 is 14.5 Å². The first-order chi connectivity index (χ1) is 10.3. The highest BCUT2D eigenvalue weighted by atomic mass is 35.5. The van der Waals surface area contributed by atoms with Crippen molar-refractivity contribution in [1.82, 2.24) is 14.9 Å². The van der Waals surface area contributed by atoms with Gasteiger partial charge in [-0.25, -0.2) is 9.78 Å². The van der Waals surface area contributed by atoms with Crippen molar-refractivity contribution in [1.29, 1.82) is 0 Å². The molecule has 22 heavy (non-hydrogen) atoms. The van der Waals surface area contributed by atoms with Crippen LogP contribution in [0.5, 0.6) is 0 Å².